The number of carbonyl (C=O) groups is 1. The van der Waals surface area contributed by atoms with E-state index in [1.165, 1.54) is 5.56 Å². The third-order valence-electron chi connectivity index (χ3n) is 7.08. The fourth-order valence-electron chi connectivity index (χ4n) is 5.16. The Morgan fingerprint density at radius 1 is 0.974 bits per heavy atom. The lowest BCUT2D eigenvalue weighted by Crippen LogP contribution is -2.41. The standard InChI is InChI=1S/C31H28ClN5O/c1-21-13-15-23(16-14-21)19-33-31(38)36-20-27-22(2)34-37(26-10-4-3-5-11-26)30(27)35-17-7-12-28(35)29(36)24-8-6-9-25(32)18-24/h3-18,29H,19-20H2,1-2H3,(H,33,38)/t29-/m0/s1. The van der Waals surface area contributed by atoms with E-state index >= 15 is 0 Å². The van der Waals surface area contributed by atoms with Gasteiger partial charge in [0.05, 0.1) is 29.7 Å². The Morgan fingerprint density at radius 2 is 1.76 bits per heavy atom. The second-order valence-electron chi connectivity index (χ2n) is 9.67. The number of rotatable bonds is 4. The second kappa shape index (κ2) is 9.88. The lowest BCUT2D eigenvalue weighted by atomic mass is 10.0. The highest BCUT2D eigenvalue weighted by molar-refractivity contribution is 6.30. The number of halogens is 1. The molecule has 0 fully saturated rings. The van der Waals surface area contributed by atoms with Crippen molar-refractivity contribution >= 4 is 17.6 Å². The first kappa shape index (κ1) is 24.1. The van der Waals surface area contributed by atoms with Gasteiger partial charge in [-0.15, -0.1) is 0 Å². The van der Waals surface area contributed by atoms with Gasteiger partial charge in [-0.05, 0) is 61.4 Å². The molecule has 0 bridgehead atoms. The minimum Gasteiger partial charge on any atom is -0.334 e. The Hall–Kier alpha value is -4.29. The van der Waals surface area contributed by atoms with E-state index in [1.807, 2.05) is 95.5 Å². The van der Waals surface area contributed by atoms with Crippen molar-refractivity contribution in [3.05, 3.63) is 136 Å². The van der Waals surface area contributed by atoms with Crippen molar-refractivity contribution in [1.82, 2.24) is 24.6 Å². The Balaban J connectivity index is 1.47. The first-order chi connectivity index (χ1) is 18.5. The largest absolute Gasteiger partial charge is 0.334 e. The zero-order valence-corrected chi connectivity index (χ0v) is 22.1. The average Bonchev–Trinajstić information content (AvgIpc) is 3.49. The molecule has 0 aliphatic carbocycles. The Bertz CT molecular complexity index is 1600. The topological polar surface area (TPSA) is 55.1 Å². The zero-order valence-electron chi connectivity index (χ0n) is 21.3. The number of nitrogens with one attached hydrogen (secondary N) is 1. The van der Waals surface area contributed by atoms with Crippen LogP contribution in [0.2, 0.25) is 5.02 Å². The maximum absolute atomic E-state index is 13.9. The monoisotopic (exact) mass is 521 g/mol. The van der Waals surface area contributed by atoms with Gasteiger partial charge in [-0.2, -0.15) is 5.10 Å². The van der Waals surface area contributed by atoms with Crippen molar-refractivity contribution in [2.75, 3.05) is 0 Å². The van der Waals surface area contributed by atoms with Crippen LogP contribution in [-0.4, -0.2) is 25.3 Å². The van der Waals surface area contributed by atoms with Crippen LogP contribution in [0.15, 0.2) is 97.2 Å². The van der Waals surface area contributed by atoms with Crippen molar-refractivity contribution in [3.8, 4) is 11.5 Å². The number of hydrogen-bond acceptors (Lipinski definition) is 2. The quantitative estimate of drug-likeness (QED) is 0.284. The molecule has 0 radical (unpaired) electrons. The molecule has 1 aliphatic rings. The Labute approximate surface area is 227 Å². The van der Waals surface area contributed by atoms with Crippen LogP contribution in [0.4, 0.5) is 4.79 Å². The molecule has 190 valence electrons. The summed E-state index contributed by atoms with van der Waals surface area (Å²) in [5, 5.41) is 8.70. The summed E-state index contributed by atoms with van der Waals surface area (Å²) in [5.41, 5.74) is 7.00. The summed E-state index contributed by atoms with van der Waals surface area (Å²) in [6.45, 7) is 4.89. The predicted molar refractivity (Wildman–Crippen MR) is 150 cm³/mol. The van der Waals surface area contributed by atoms with Gasteiger partial charge in [-0.25, -0.2) is 9.48 Å². The van der Waals surface area contributed by atoms with E-state index in [0.29, 0.717) is 18.1 Å². The number of nitrogens with zero attached hydrogens (tertiary/aromatic N) is 4. The first-order valence-electron chi connectivity index (χ1n) is 12.7. The molecular formula is C31H28ClN5O. The average molecular weight is 522 g/mol. The molecule has 2 aromatic heterocycles. The molecule has 0 saturated carbocycles. The van der Waals surface area contributed by atoms with Crippen LogP contribution >= 0.6 is 11.6 Å². The summed E-state index contributed by atoms with van der Waals surface area (Å²) in [5.74, 6) is 0.939. The van der Waals surface area contributed by atoms with Gasteiger partial charge in [0.25, 0.3) is 0 Å². The van der Waals surface area contributed by atoms with Crippen LogP contribution in [0, 0.1) is 13.8 Å². The molecule has 0 spiro atoms. The number of carbonyl (C=O) groups excluding carboxylic acids is 1. The van der Waals surface area contributed by atoms with Crippen molar-refractivity contribution < 1.29 is 4.79 Å². The Kier molecular flexibility index (Phi) is 6.26. The van der Waals surface area contributed by atoms with Gasteiger partial charge in [0.2, 0.25) is 0 Å². The van der Waals surface area contributed by atoms with Crippen molar-refractivity contribution in [1.29, 1.82) is 0 Å². The normalized spacial score (nSPS) is 14.5. The van der Waals surface area contributed by atoms with E-state index in [4.69, 9.17) is 16.7 Å². The SMILES string of the molecule is Cc1ccc(CNC(=O)N2Cc3c(C)nn(-c4ccccc4)c3-n3cccc3[C@@H]2c2cccc(Cl)c2)cc1. The van der Waals surface area contributed by atoms with Crippen LogP contribution in [0.1, 0.15) is 39.7 Å². The third-order valence-corrected chi connectivity index (χ3v) is 7.31. The minimum atomic E-state index is -0.349. The van der Waals surface area contributed by atoms with E-state index in [9.17, 15) is 4.79 Å². The molecule has 38 heavy (non-hydrogen) atoms. The summed E-state index contributed by atoms with van der Waals surface area (Å²) < 4.78 is 4.12. The van der Waals surface area contributed by atoms with Crippen LogP contribution < -0.4 is 5.32 Å². The van der Waals surface area contributed by atoms with Gasteiger partial charge in [-0.1, -0.05) is 71.8 Å². The number of urea groups is 1. The highest BCUT2D eigenvalue weighted by Crippen LogP contribution is 2.39. The molecule has 6 nitrogen and oxygen atoms in total. The van der Waals surface area contributed by atoms with Crippen LogP contribution in [0.5, 0.6) is 0 Å². The lowest BCUT2D eigenvalue weighted by Gasteiger charge is -2.31. The number of hydrogen-bond donors (Lipinski definition) is 1. The number of amides is 2. The fourth-order valence-corrected chi connectivity index (χ4v) is 5.36. The van der Waals surface area contributed by atoms with Gasteiger partial charge in [0.1, 0.15) is 5.82 Å². The maximum Gasteiger partial charge on any atom is 0.318 e. The second-order valence-corrected chi connectivity index (χ2v) is 10.1. The molecule has 1 N–H and O–H groups in total. The molecule has 2 amide bonds. The van der Waals surface area contributed by atoms with Crippen molar-refractivity contribution in [2.45, 2.75) is 33.0 Å². The van der Waals surface area contributed by atoms with E-state index in [0.717, 1.165) is 39.6 Å². The highest BCUT2D eigenvalue weighted by Gasteiger charge is 2.36. The molecular weight excluding hydrogens is 494 g/mol. The molecule has 7 heteroatoms. The van der Waals surface area contributed by atoms with Gasteiger partial charge < -0.3 is 14.8 Å². The van der Waals surface area contributed by atoms with Gasteiger partial charge in [-0.3, -0.25) is 0 Å². The lowest BCUT2D eigenvalue weighted by molar-refractivity contribution is 0.180. The van der Waals surface area contributed by atoms with E-state index in [1.54, 1.807) is 0 Å². The molecule has 5 aromatic rings. The number of fused-ring (bicyclic) bond motifs is 3. The van der Waals surface area contributed by atoms with Crippen LogP contribution in [0.25, 0.3) is 11.5 Å². The Morgan fingerprint density at radius 3 is 2.53 bits per heavy atom. The number of aromatic nitrogens is 3. The maximum atomic E-state index is 13.9. The summed E-state index contributed by atoms with van der Waals surface area (Å²) >= 11 is 6.45. The van der Waals surface area contributed by atoms with Gasteiger partial charge in [0, 0.05) is 23.3 Å². The van der Waals surface area contributed by atoms with E-state index in [2.05, 4.69) is 35.0 Å². The summed E-state index contributed by atoms with van der Waals surface area (Å²) in [7, 11) is 0. The predicted octanol–water partition coefficient (Wildman–Crippen LogP) is 6.75. The number of para-hydroxylation sites is 1. The van der Waals surface area contributed by atoms with Crippen molar-refractivity contribution in [3.63, 3.8) is 0 Å². The van der Waals surface area contributed by atoms with E-state index < -0.39 is 0 Å². The molecule has 3 aromatic carbocycles. The zero-order chi connectivity index (χ0) is 26.2. The van der Waals surface area contributed by atoms with Gasteiger partial charge in [0.15, 0.2) is 0 Å². The molecule has 6 rings (SSSR count). The molecule has 1 atom stereocenters. The fraction of sp³-hybridized carbons (Fsp3) is 0.161. The highest BCUT2D eigenvalue weighted by atomic mass is 35.5. The number of aryl methyl sites for hydroxylation is 2. The van der Waals surface area contributed by atoms with E-state index in [-0.39, 0.29) is 12.1 Å². The number of benzene rings is 3. The third kappa shape index (κ3) is 4.37. The summed E-state index contributed by atoms with van der Waals surface area (Å²) in [4.78, 5) is 15.8. The molecule has 1 aliphatic heterocycles. The first-order valence-corrected chi connectivity index (χ1v) is 13.0. The van der Waals surface area contributed by atoms with Crippen LogP contribution in [0.3, 0.4) is 0 Å². The summed E-state index contributed by atoms with van der Waals surface area (Å²) in [6, 6.07) is 29.6. The molecule has 3 heterocycles. The molecule has 0 unspecified atom stereocenters. The smallest absolute Gasteiger partial charge is 0.318 e. The van der Waals surface area contributed by atoms with Crippen molar-refractivity contribution in [2.24, 2.45) is 0 Å². The minimum absolute atomic E-state index is 0.150. The van der Waals surface area contributed by atoms with Crippen LogP contribution in [-0.2, 0) is 13.1 Å². The molecule has 0 saturated heterocycles. The summed E-state index contributed by atoms with van der Waals surface area (Å²) in [6.07, 6.45) is 2.04. The van der Waals surface area contributed by atoms with Gasteiger partial charge >= 0.3 is 6.03 Å².